The van der Waals surface area contributed by atoms with E-state index in [2.05, 4.69) is 4.90 Å². The summed E-state index contributed by atoms with van der Waals surface area (Å²) in [5.74, 6) is -0.238. The van der Waals surface area contributed by atoms with Gasteiger partial charge in [-0.25, -0.2) is 4.79 Å². The zero-order valence-corrected chi connectivity index (χ0v) is 10.6. The summed E-state index contributed by atoms with van der Waals surface area (Å²) in [5.41, 5.74) is -0.555. The molecule has 6 heteroatoms. The Morgan fingerprint density at radius 1 is 1.24 bits per heavy atom. The van der Waals surface area contributed by atoms with Gasteiger partial charge in [0.2, 0.25) is 0 Å². The monoisotopic (exact) mass is 244 g/mol. The Kier molecular flexibility index (Phi) is 4.34. The normalized spacial score (nSPS) is 17.9. The molecular formula is C11H20N2O4. The number of hydrogen-bond acceptors (Lipinski definition) is 4. The number of carboxylic acid groups (broad SMARTS) is 1. The van der Waals surface area contributed by atoms with Crippen molar-refractivity contribution in [3.63, 3.8) is 0 Å². The molecule has 0 aromatic rings. The maximum atomic E-state index is 11.5. The first kappa shape index (κ1) is 13.8. The van der Waals surface area contributed by atoms with Crippen LogP contribution in [0, 0.1) is 5.41 Å². The van der Waals surface area contributed by atoms with Crippen LogP contribution in [0.4, 0.5) is 4.79 Å². The third-order valence-electron chi connectivity index (χ3n) is 3.00. The van der Waals surface area contributed by atoms with E-state index in [0.29, 0.717) is 32.7 Å². The van der Waals surface area contributed by atoms with Crippen LogP contribution in [0.1, 0.15) is 13.8 Å². The van der Waals surface area contributed by atoms with Gasteiger partial charge in [0.1, 0.15) is 0 Å². The van der Waals surface area contributed by atoms with Crippen molar-refractivity contribution >= 4 is 12.1 Å². The van der Waals surface area contributed by atoms with Gasteiger partial charge in [0.25, 0.3) is 0 Å². The quantitative estimate of drug-likeness (QED) is 0.731. The fraction of sp³-hybridized carbons (Fsp3) is 0.818. The first-order valence-electron chi connectivity index (χ1n) is 5.65. The summed E-state index contributed by atoms with van der Waals surface area (Å²) in [6.45, 7) is 6.57. The summed E-state index contributed by atoms with van der Waals surface area (Å²) in [7, 11) is 1.38. The molecule has 0 aromatic carbocycles. The van der Waals surface area contributed by atoms with E-state index in [0.717, 1.165) is 0 Å². The Hall–Kier alpha value is -1.30. The molecule has 1 aliphatic rings. The number of nitrogens with zero attached hydrogens (tertiary/aromatic N) is 2. The summed E-state index contributed by atoms with van der Waals surface area (Å²) >= 11 is 0. The van der Waals surface area contributed by atoms with Crippen molar-refractivity contribution in [2.45, 2.75) is 13.8 Å². The van der Waals surface area contributed by atoms with Crippen molar-refractivity contribution in [2.75, 3.05) is 39.8 Å². The number of amides is 1. The minimum atomic E-state index is -0.878. The van der Waals surface area contributed by atoms with Gasteiger partial charge in [0, 0.05) is 32.7 Å². The van der Waals surface area contributed by atoms with Gasteiger partial charge in [-0.05, 0) is 13.8 Å². The average Bonchev–Trinajstić information content (AvgIpc) is 2.28. The van der Waals surface area contributed by atoms with Crippen LogP contribution in [0.25, 0.3) is 0 Å². The number of ether oxygens (including phenoxy) is 1. The summed E-state index contributed by atoms with van der Waals surface area (Å²) in [6.07, 6.45) is -0.878. The van der Waals surface area contributed by atoms with E-state index < -0.39 is 11.5 Å². The van der Waals surface area contributed by atoms with E-state index in [1.807, 2.05) is 13.8 Å². The molecule has 0 radical (unpaired) electrons. The number of hydrogen-bond donors (Lipinski definition) is 1. The van der Waals surface area contributed by atoms with Gasteiger partial charge in [-0.1, -0.05) is 0 Å². The maximum Gasteiger partial charge on any atom is 0.407 e. The van der Waals surface area contributed by atoms with Crippen LogP contribution in [0.3, 0.4) is 0 Å². The second-order valence-corrected chi connectivity index (χ2v) is 4.92. The van der Waals surface area contributed by atoms with Gasteiger partial charge in [0.05, 0.1) is 12.5 Å². The van der Waals surface area contributed by atoms with Crippen molar-refractivity contribution in [3.05, 3.63) is 0 Å². The first-order chi connectivity index (χ1) is 7.86. The molecule has 98 valence electrons. The van der Waals surface area contributed by atoms with Gasteiger partial charge in [0.15, 0.2) is 0 Å². The van der Waals surface area contributed by atoms with E-state index in [9.17, 15) is 9.59 Å². The van der Waals surface area contributed by atoms with Crippen LogP contribution in [-0.4, -0.2) is 66.8 Å². The highest BCUT2D eigenvalue weighted by molar-refractivity contribution is 5.76. The lowest BCUT2D eigenvalue weighted by Crippen LogP contribution is -2.51. The fourth-order valence-electron chi connectivity index (χ4n) is 2.00. The largest absolute Gasteiger partial charge is 0.469 e. The third-order valence-corrected chi connectivity index (χ3v) is 3.00. The lowest BCUT2D eigenvalue weighted by molar-refractivity contribution is -0.152. The van der Waals surface area contributed by atoms with Crippen LogP contribution in [0.5, 0.6) is 0 Å². The number of rotatable bonds is 3. The maximum absolute atomic E-state index is 11.5. The molecule has 1 saturated heterocycles. The van der Waals surface area contributed by atoms with E-state index >= 15 is 0 Å². The van der Waals surface area contributed by atoms with E-state index in [1.54, 1.807) is 0 Å². The average molecular weight is 244 g/mol. The SMILES string of the molecule is COC(=O)C(C)(C)CN1CCN(C(=O)O)CC1. The summed E-state index contributed by atoms with van der Waals surface area (Å²) in [5, 5.41) is 8.82. The Bertz CT molecular complexity index is 296. The highest BCUT2D eigenvalue weighted by Crippen LogP contribution is 2.19. The van der Waals surface area contributed by atoms with Gasteiger partial charge in [-0.15, -0.1) is 0 Å². The van der Waals surface area contributed by atoms with Crippen molar-refractivity contribution in [3.8, 4) is 0 Å². The second kappa shape index (κ2) is 5.35. The third kappa shape index (κ3) is 3.59. The van der Waals surface area contributed by atoms with Gasteiger partial charge < -0.3 is 14.7 Å². The minimum absolute atomic E-state index is 0.238. The molecule has 0 unspecified atom stereocenters. The number of piperazine rings is 1. The molecular weight excluding hydrogens is 224 g/mol. The second-order valence-electron chi connectivity index (χ2n) is 4.92. The van der Waals surface area contributed by atoms with Gasteiger partial charge in [-0.3, -0.25) is 9.69 Å². The van der Waals surface area contributed by atoms with Crippen molar-refractivity contribution in [2.24, 2.45) is 5.41 Å². The van der Waals surface area contributed by atoms with Crippen LogP contribution in [0.2, 0.25) is 0 Å². The Labute approximate surface area is 101 Å². The van der Waals surface area contributed by atoms with Crippen LogP contribution in [-0.2, 0) is 9.53 Å². The van der Waals surface area contributed by atoms with Gasteiger partial charge in [-0.2, -0.15) is 0 Å². The van der Waals surface area contributed by atoms with E-state index in [4.69, 9.17) is 9.84 Å². The molecule has 17 heavy (non-hydrogen) atoms. The number of esters is 1. The predicted molar refractivity (Wildman–Crippen MR) is 61.8 cm³/mol. The van der Waals surface area contributed by atoms with Crippen molar-refractivity contribution in [1.29, 1.82) is 0 Å². The Morgan fingerprint density at radius 2 is 1.76 bits per heavy atom. The zero-order valence-electron chi connectivity index (χ0n) is 10.6. The highest BCUT2D eigenvalue weighted by Gasteiger charge is 2.32. The molecule has 0 aromatic heterocycles. The highest BCUT2D eigenvalue weighted by atomic mass is 16.5. The van der Waals surface area contributed by atoms with E-state index in [-0.39, 0.29) is 5.97 Å². The molecule has 1 N–H and O–H groups in total. The lowest BCUT2D eigenvalue weighted by atomic mass is 9.92. The molecule has 0 aliphatic carbocycles. The van der Waals surface area contributed by atoms with E-state index in [1.165, 1.54) is 12.0 Å². The van der Waals surface area contributed by atoms with Crippen LogP contribution >= 0.6 is 0 Å². The molecule has 0 spiro atoms. The number of carbonyl (C=O) groups excluding carboxylic acids is 1. The summed E-state index contributed by atoms with van der Waals surface area (Å²) < 4.78 is 4.75. The molecule has 0 bridgehead atoms. The fourth-order valence-corrected chi connectivity index (χ4v) is 2.00. The van der Waals surface area contributed by atoms with Crippen molar-refractivity contribution < 1.29 is 19.4 Å². The molecule has 1 amide bonds. The standard InChI is InChI=1S/C11H20N2O4/c1-11(2,9(14)17-3)8-12-4-6-13(7-5-12)10(15)16/h4-8H2,1-3H3,(H,15,16). The summed E-state index contributed by atoms with van der Waals surface area (Å²) in [6, 6.07) is 0. The van der Waals surface area contributed by atoms with Crippen LogP contribution < -0.4 is 0 Å². The predicted octanol–water partition coefficient (Wildman–Crippen LogP) is 0.481. The first-order valence-corrected chi connectivity index (χ1v) is 5.65. The number of methoxy groups -OCH3 is 1. The molecule has 0 saturated carbocycles. The zero-order chi connectivity index (χ0) is 13.1. The van der Waals surface area contributed by atoms with Gasteiger partial charge >= 0.3 is 12.1 Å². The Balaban J connectivity index is 2.45. The lowest BCUT2D eigenvalue weighted by Gasteiger charge is -2.36. The Morgan fingerprint density at radius 3 is 2.18 bits per heavy atom. The van der Waals surface area contributed by atoms with Crippen molar-refractivity contribution in [1.82, 2.24) is 9.80 Å². The molecule has 1 aliphatic heterocycles. The number of carbonyl (C=O) groups is 2. The van der Waals surface area contributed by atoms with Crippen LogP contribution in [0.15, 0.2) is 0 Å². The molecule has 0 atom stereocenters. The molecule has 1 heterocycles. The molecule has 6 nitrogen and oxygen atoms in total. The molecule has 1 rings (SSSR count). The minimum Gasteiger partial charge on any atom is -0.469 e. The smallest absolute Gasteiger partial charge is 0.407 e. The summed E-state index contributed by atoms with van der Waals surface area (Å²) in [4.78, 5) is 25.7. The molecule has 1 fully saturated rings. The topological polar surface area (TPSA) is 70.1 Å².